The van der Waals surface area contributed by atoms with E-state index in [-0.39, 0.29) is 0 Å². The Kier molecular flexibility index (Phi) is 3.15. The Hall–Kier alpha value is -1.61. The molecule has 0 fully saturated rings. The summed E-state index contributed by atoms with van der Waals surface area (Å²) in [6, 6.07) is 10.8. The SMILES string of the molecule is NCc1ccnn1CC1CCCc2ccccc21. The van der Waals surface area contributed by atoms with Crippen molar-refractivity contribution in [3.63, 3.8) is 0 Å². The van der Waals surface area contributed by atoms with E-state index in [0.717, 1.165) is 12.2 Å². The van der Waals surface area contributed by atoms with Gasteiger partial charge in [0.1, 0.15) is 0 Å². The summed E-state index contributed by atoms with van der Waals surface area (Å²) < 4.78 is 2.06. The Morgan fingerprint density at radius 1 is 1.28 bits per heavy atom. The van der Waals surface area contributed by atoms with E-state index in [1.54, 1.807) is 0 Å². The van der Waals surface area contributed by atoms with Gasteiger partial charge < -0.3 is 5.73 Å². The molecule has 1 aromatic carbocycles. The lowest BCUT2D eigenvalue weighted by molar-refractivity contribution is 0.447. The molecular weight excluding hydrogens is 222 g/mol. The van der Waals surface area contributed by atoms with Crippen LogP contribution in [-0.4, -0.2) is 9.78 Å². The highest BCUT2D eigenvalue weighted by molar-refractivity contribution is 5.32. The Balaban J connectivity index is 1.86. The maximum Gasteiger partial charge on any atom is 0.0520 e. The van der Waals surface area contributed by atoms with E-state index in [9.17, 15) is 0 Å². The molecule has 0 saturated heterocycles. The lowest BCUT2D eigenvalue weighted by Gasteiger charge is -2.26. The average molecular weight is 241 g/mol. The number of nitrogens with zero attached hydrogens (tertiary/aromatic N) is 2. The zero-order valence-electron chi connectivity index (χ0n) is 10.5. The molecule has 0 spiro atoms. The van der Waals surface area contributed by atoms with Crippen LogP contribution >= 0.6 is 0 Å². The minimum atomic E-state index is 0.564. The van der Waals surface area contributed by atoms with Crippen molar-refractivity contribution in [3.05, 3.63) is 53.3 Å². The smallest absolute Gasteiger partial charge is 0.0520 e. The molecule has 1 heterocycles. The normalized spacial score (nSPS) is 18.6. The van der Waals surface area contributed by atoms with Crippen molar-refractivity contribution in [1.29, 1.82) is 0 Å². The maximum atomic E-state index is 5.73. The number of aryl methyl sites for hydroxylation is 1. The van der Waals surface area contributed by atoms with E-state index in [1.807, 2.05) is 12.3 Å². The highest BCUT2D eigenvalue weighted by Crippen LogP contribution is 2.32. The molecule has 1 unspecified atom stereocenters. The van der Waals surface area contributed by atoms with Crippen molar-refractivity contribution in [3.8, 4) is 0 Å². The molecule has 0 saturated carbocycles. The summed E-state index contributed by atoms with van der Waals surface area (Å²) in [5.41, 5.74) is 9.87. The van der Waals surface area contributed by atoms with Crippen molar-refractivity contribution in [2.24, 2.45) is 5.73 Å². The van der Waals surface area contributed by atoms with Crippen LogP contribution in [0.5, 0.6) is 0 Å². The van der Waals surface area contributed by atoms with Crippen LogP contribution in [0.25, 0.3) is 0 Å². The molecule has 18 heavy (non-hydrogen) atoms. The molecule has 3 heteroatoms. The molecule has 0 bridgehead atoms. The summed E-state index contributed by atoms with van der Waals surface area (Å²) in [5, 5.41) is 4.39. The van der Waals surface area contributed by atoms with E-state index < -0.39 is 0 Å². The number of rotatable bonds is 3. The topological polar surface area (TPSA) is 43.8 Å². The van der Waals surface area contributed by atoms with Crippen LogP contribution in [0.1, 0.15) is 35.6 Å². The number of nitrogens with two attached hydrogens (primary N) is 1. The highest BCUT2D eigenvalue weighted by Gasteiger charge is 2.20. The second-order valence-corrected chi connectivity index (χ2v) is 5.00. The molecule has 0 radical (unpaired) electrons. The zero-order chi connectivity index (χ0) is 12.4. The fraction of sp³-hybridized carbons (Fsp3) is 0.400. The summed E-state index contributed by atoms with van der Waals surface area (Å²) >= 11 is 0. The van der Waals surface area contributed by atoms with E-state index >= 15 is 0 Å². The van der Waals surface area contributed by atoms with Gasteiger partial charge in [-0.15, -0.1) is 0 Å². The first-order valence-electron chi connectivity index (χ1n) is 6.67. The van der Waals surface area contributed by atoms with Gasteiger partial charge in [-0.25, -0.2) is 0 Å². The summed E-state index contributed by atoms with van der Waals surface area (Å²) in [6.45, 7) is 1.52. The first kappa shape index (κ1) is 11.5. The second kappa shape index (κ2) is 4.94. The molecular formula is C15H19N3. The minimum Gasteiger partial charge on any atom is -0.325 e. The third kappa shape index (κ3) is 2.06. The van der Waals surface area contributed by atoms with Crippen LogP contribution in [0, 0.1) is 0 Å². The van der Waals surface area contributed by atoms with Crippen LogP contribution in [0.2, 0.25) is 0 Å². The number of hydrogen-bond acceptors (Lipinski definition) is 2. The summed E-state index contributed by atoms with van der Waals surface area (Å²) in [4.78, 5) is 0. The molecule has 1 aliphatic carbocycles. The van der Waals surface area contributed by atoms with Gasteiger partial charge in [0.05, 0.1) is 5.69 Å². The van der Waals surface area contributed by atoms with Crippen molar-refractivity contribution in [1.82, 2.24) is 9.78 Å². The van der Waals surface area contributed by atoms with Crippen molar-refractivity contribution in [2.75, 3.05) is 0 Å². The Bertz CT molecular complexity index is 530. The standard InChI is InChI=1S/C15H19N3/c16-10-14-8-9-17-18(14)11-13-6-3-5-12-4-1-2-7-15(12)13/h1-2,4,7-9,13H,3,5-6,10-11,16H2. The molecule has 1 aromatic heterocycles. The van der Waals surface area contributed by atoms with Crippen molar-refractivity contribution >= 4 is 0 Å². The number of hydrogen-bond donors (Lipinski definition) is 1. The summed E-state index contributed by atoms with van der Waals surface area (Å²) in [7, 11) is 0. The van der Waals surface area contributed by atoms with Gasteiger partial charge in [0.25, 0.3) is 0 Å². The van der Waals surface area contributed by atoms with Gasteiger partial charge >= 0.3 is 0 Å². The Morgan fingerprint density at radius 2 is 2.17 bits per heavy atom. The van der Waals surface area contributed by atoms with E-state index in [2.05, 4.69) is 34.0 Å². The van der Waals surface area contributed by atoms with Gasteiger partial charge in [-0.1, -0.05) is 24.3 Å². The van der Waals surface area contributed by atoms with Crippen molar-refractivity contribution in [2.45, 2.75) is 38.3 Å². The van der Waals surface area contributed by atoms with E-state index in [0.29, 0.717) is 12.5 Å². The Morgan fingerprint density at radius 3 is 3.06 bits per heavy atom. The monoisotopic (exact) mass is 241 g/mol. The first-order valence-corrected chi connectivity index (χ1v) is 6.67. The summed E-state index contributed by atoms with van der Waals surface area (Å²) in [6.07, 6.45) is 5.59. The third-order valence-electron chi connectivity index (χ3n) is 3.90. The maximum absolute atomic E-state index is 5.73. The zero-order valence-corrected chi connectivity index (χ0v) is 10.5. The van der Waals surface area contributed by atoms with Gasteiger partial charge in [-0.3, -0.25) is 4.68 Å². The van der Waals surface area contributed by atoms with Gasteiger partial charge in [0.15, 0.2) is 0 Å². The van der Waals surface area contributed by atoms with E-state index in [1.165, 1.54) is 30.4 Å². The predicted octanol–water partition coefficient (Wildman–Crippen LogP) is 2.46. The molecule has 2 N–H and O–H groups in total. The fourth-order valence-corrected chi connectivity index (χ4v) is 2.95. The molecule has 0 aliphatic heterocycles. The molecule has 3 rings (SSSR count). The lowest BCUT2D eigenvalue weighted by Crippen LogP contribution is -2.18. The number of fused-ring (bicyclic) bond motifs is 1. The average Bonchev–Trinajstić information content (AvgIpc) is 2.86. The Labute approximate surface area is 108 Å². The first-order chi connectivity index (χ1) is 8.88. The highest BCUT2D eigenvalue weighted by atomic mass is 15.3. The van der Waals surface area contributed by atoms with Crippen molar-refractivity contribution < 1.29 is 0 Å². The lowest BCUT2D eigenvalue weighted by atomic mass is 9.83. The quantitative estimate of drug-likeness (QED) is 0.897. The summed E-state index contributed by atoms with van der Waals surface area (Å²) in [5.74, 6) is 0.583. The fourth-order valence-electron chi connectivity index (χ4n) is 2.95. The largest absolute Gasteiger partial charge is 0.325 e. The van der Waals surface area contributed by atoms with Crippen LogP contribution in [-0.2, 0) is 19.5 Å². The van der Waals surface area contributed by atoms with Crippen LogP contribution in [0.3, 0.4) is 0 Å². The number of benzene rings is 1. The van der Waals surface area contributed by atoms with Gasteiger partial charge in [-0.05, 0) is 36.5 Å². The van der Waals surface area contributed by atoms with Crippen LogP contribution in [0.4, 0.5) is 0 Å². The molecule has 2 aromatic rings. The molecule has 1 aliphatic rings. The second-order valence-electron chi connectivity index (χ2n) is 5.00. The van der Waals surface area contributed by atoms with E-state index in [4.69, 9.17) is 5.73 Å². The van der Waals surface area contributed by atoms with Crippen LogP contribution in [0.15, 0.2) is 36.5 Å². The molecule has 3 nitrogen and oxygen atoms in total. The van der Waals surface area contributed by atoms with Crippen LogP contribution < -0.4 is 5.73 Å². The minimum absolute atomic E-state index is 0.564. The molecule has 1 atom stereocenters. The van der Waals surface area contributed by atoms with Gasteiger partial charge in [-0.2, -0.15) is 5.10 Å². The van der Waals surface area contributed by atoms with Gasteiger partial charge in [0.2, 0.25) is 0 Å². The third-order valence-corrected chi connectivity index (χ3v) is 3.90. The van der Waals surface area contributed by atoms with Gasteiger partial charge in [0, 0.05) is 25.2 Å². The number of aromatic nitrogens is 2. The predicted molar refractivity (Wildman–Crippen MR) is 72.2 cm³/mol. The molecule has 94 valence electrons. The molecule has 0 amide bonds.